The van der Waals surface area contributed by atoms with Crippen LogP contribution >= 0.6 is 0 Å². The van der Waals surface area contributed by atoms with Crippen LogP contribution in [0.5, 0.6) is 0 Å². The Morgan fingerprint density at radius 1 is 1.23 bits per heavy atom. The van der Waals surface area contributed by atoms with Crippen molar-refractivity contribution in [2.75, 3.05) is 6.61 Å². The molecule has 0 aromatic rings. The second-order valence-electron chi connectivity index (χ2n) is 9.93. The summed E-state index contributed by atoms with van der Waals surface area (Å²) >= 11 is 0. The third-order valence-electron chi connectivity index (χ3n) is 6.23. The van der Waals surface area contributed by atoms with Crippen molar-refractivity contribution in [3.8, 4) is 0 Å². The highest BCUT2D eigenvalue weighted by Gasteiger charge is 2.62. The zero-order valence-electron chi connectivity index (χ0n) is 16.6. The average molecular weight is 344 g/mol. The molecule has 3 nitrogen and oxygen atoms in total. The lowest BCUT2D eigenvalue weighted by Crippen LogP contribution is -2.62. The Kier molecular flexibility index (Phi) is 5.20. The summed E-state index contributed by atoms with van der Waals surface area (Å²) in [6, 6.07) is 0.280. The zero-order valence-corrected chi connectivity index (χ0v) is 19.6. The average Bonchev–Trinajstić information content (AvgIpc) is 2.49. The molecule has 1 fully saturated rings. The van der Waals surface area contributed by atoms with E-state index in [4.69, 9.17) is 4.43 Å². The van der Waals surface area contributed by atoms with Crippen molar-refractivity contribution in [1.82, 2.24) is 4.57 Å². The van der Waals surface area contributed by atoms with Gasteiger partial charge in [-0.25, -0.2) is 0 Å². The summed E-state index contributed by atoms with van der Waals surface area (Å²) in [5.74, 6) is 0.630. The van der Waals surface area contributed by atoms with Crippen LogP contribution in [0.2, 0.25) is 18.1 Å². The predicted molar refractivity (Wildman–Crippen MR) is 100 cm³/mol. The molecule has 0 bridgehead atoms. The van der Waals surface area contributed by atoms with Crippen LogP contribution in [0.3, 0.4) is 0 Å². The van der Waals surface area contributed by atoms with Crippen LogP contribution in [-0.2, 0) is 9.22 Å². The third-order valence-corrected chi connectivity index (χ3v) is 11.9. The van der Waals surface area contributed by atoms with E-state index in [-0.39, 0.29) is 21.9 Å². The van der Waals surface area contributed by atoms with Crippen molar-refractivity contribution in [1.29, 1.82) is 0 Å². The first-order valence-electron chi connectivity index (χ1n) is 8.45. The Morgan fingerprint density at radius 3 is 2.00 bits per heavy atom. The van der Waals surface area contributed by atoms with Crippen LogP contribution in [0.4, 0.5) is 0 Å². The van der Waals surface area contributed by atoms with Gasteiger partial charge in [-0.05, 0) is 23.3 Å². The highest BCUT2D eigenvalue weighted by atomic mass is 28.3. The number of carbonyl (C=O) groups is 1. The number of hydrogen-bond acceptors (Lipinski definition) is 2. The molecule has 0 aliphatic carbocycles. The molecule has 0 saturated carbocycles. The summed E-state index contributed by atoms with van der Waals surface area (Å²) < 4.78 is 7.92. The fourth-order valence-electron chi connectivity index (χ4n) is 3.76. The first-order valence-corrected chi connectivity index (χ1v) is 12.2. The summed E-state index contributed by atoms with van der Waals surface area (Å²) in [5, 5.41) is 0.152. The van der Waals surface area contributed by atoms with Gasteiger partial charge in [-0.1, -0.05) is 61.6 Å². The molecule has 3 unspecified atom stereocenters. The molecule has 1 heterocycles. The zero-order chi connectivity index (χ0) is 17.7. The highest BCUT2D eigenvalue weighted by molar-refractivity contribution is 6.79. The Labute approximate surface area is 141 Å². The van der Waals surface area contributed by atoms with Crippen molar-refractivity contribution in [2.45, 2.75) is 79.6 Å². The fourth-order valence-corrected chi connectivity index (χ4v) is 7.15. The molecule has 1 saturated heterocycles. The molecule has 5 heteroatoms. The minimum atomic E-state index is -1.93. The van der Waals surface area contributed by atoms with E-state index in [1.165, 1.54) is 0 Å². The Morgan fingerprint density at radius 2 is 1.68 bits per heavy atom. The van der Waals surface area contributed by atoms with Crippen LogP contribution < -0.4 is 0 Å². The Balaban J connectivity index is 3.49. The molecular weight excluding hydrogens is 306 g/mol. The predicted octanol–water partition coefficient (Wildman–Crippen LogP) is 3.19. The van der Waals surface area contributed by atoms with E-state index in [1.807, 2.05) is 0 Å². The lowest BCUT2D eigenvalue weighted by molar-refractivity contribution is -0.134. The number of nitrogens with zero attached hydrogens (tertiary/aromatic N) is 1. The minimum Gasteiger partial charge on any atom is -0.427 e. The molecule has 1 amide bonds. The van der Waals surface area contributed by atoms with E-state index in [1.54, 1.807) is 0 Å². The topological polar surface area (TPSA) is 29.5 Å². The first-order chi connectivity index (χ1) is 9.62. The van der Waals surface area contributed by atoms with Gasteiger partial charge in [0.15, 0.2) is 8.24 Å². The maximum atomic E-state index is 13.5. The quantitative estimate of drug-likeness (QED) is 0.737. The molecule has 22 heavy (non-hydrogen) atoms. The first kappa shape index (κ1) is 19.9. The van der Waals surface area contributed by atoms with Gasteiger partial charge in [0, 0.05) is 12.6 Å². The largest absolute Gasteiger partial charge is 0.427 e. The van der Waals surface area contributed by atoms with Crippen molar-refractivity contribution in [3.63, 3.8) is 0 Å². The molecule has 0 aromatic heterocycles. The van der Waals surface area contributed by atoms with Crippen molar-refractivity contribution in [2.24, 2.45) is 16.7 Å². The van der Waals surface area contributed by atoms with Gasteiger partial charge in [0.05, 0.1) is 5.41 Å². The highest BCUT2D eigenvalue weighted by Crippen LogP contribution is 2.53. The summed E-state index contributed by atoms with van der Waals surface area (Å²) in [4.78, 5) is 13.5. The van der Waals surface area contributed by atoms with Crippen molar-refractivity contribution < 1.29 is 9.22 Å². The number of carbonyl (C=O) groups excluding carboxylic acids is 1. The van der Waals surface area contributed by atoms with E-state index in [9.17, 15) is 4.79 Å². The van der Waals surface area contributed by atoms with Crippen LogP contribution in [0, 0.1) is 16.7 Å². The molecule has 3 atom stereocenters. The molecule has 0 radical (unpaired) electrons. The normalized spacial score (nSPS) is 31.2. The van der Waals surface area contributed by atoms with E-state index < -0.39 is 8.24 Å². The second-order valence-corrected chi connectivity index (χ2v) is 15.6. The van der Waals surface area contributed by atoms with Crippen LogP contribution in [0.1, 0.15) is 55.4 Å². The number of amides is 1. The smallest absolute Gasteiger partial charge is 0.223 e. The minimum absolute atomic E-state index is 0.0769. The van der Waals surface area contributed by atoms with Crippen LogP contribution in [0.15, 0.2) is 0 Å². The van der Waals surface area contributed by atoms with Gasteiger partial charge in [-0.2, -0.15) is 0 Å². The van der Waals surface area contributed by atoms with Gasteiger partial charge < -0.3 is 8.99 Å². The third kappa shape index (κ3) is 2.96. The monoisotopic (exact) mass is 343 g/mol. The van der Waals surface area contributed by atoms with E-state index >= 15 is 0 Å². The molecule has 0 N–H and O–H groups in total. The fraction of sp³-hybridized carbons (Fsp3) is 0.941. The molecule has 0 spiro atoms. The second kappa shape index (κ2) is 5.74. The van der Waals surface area contributed by atoms with Gasteiger partial charge in [0.1, 0.15) is 10.5 Å². The van der Waals surface area contributed by atoms with Gasteiger partial charge >= 0.3 is 0 Å². The molecule has 1 aliphatic rings. The van der Waals surface area contributed by atoms with Gasteiger partial charge in [-0.15, -0.1) is 0 Å². The lowest BCUT2D eigenvalue weighted by Gasteiger charge is -2.50. The van der Waals surface area contributed by atoms with E-state index in [0.29, 0.717) is 28.9 Å². The van der Waals surface area contributed by atoms with Gasteiger partial charge in [-0.3, -0.25) is 4.79 Å². The lowest BCUT2D eigenvalue weighted by atomic mass is 9.71. The summed E-state index contributed by atoms with van der Waals surface area (Å²) in [6.45, 7) is 23.3. The van der Waals surface area contributed by atoms with Crippen molar-refractivity contribution in [3.05, 3.63) is 0 Å². The molecule has 1 rings (SSSR count). The Hall–Kier alpha value is -0.136. The molecule has 1 aliphatic heterocycles. The van der Waals surface area contributed by atoms with Gasteiger partial charge in [0.25, 0.3) is 0 Å². The maximum Gasteiger partial charge on any atom is 0.223 e. The SMILES string of the molecule is CC1C(C(C)(C)C)N([Si](C)(C)C(C)(C)C)C(=O)C1(C)CO[SiH3]. The van der Waals surface area contributed by atoms with E-state index in [0.717, 1.165) is 0 Å². The maximum absolute atomic E-state index is 13.5. The van der Waals surface area contributed by atoms with E-state index in [2.05, 4.69) is 73.0 Å². The standard InChI is InChI=1S/C17H37NO2Si2/c1-12-13(15(2,3)4)18(22(9,10)16(5,6)7)14(19)17(12,8)11-20-21/h12-13H,11H2,1-10,21H3. The Bertz CT molecular complexity index is 437. The van der Waals surface area contributed by atoms with Crippen molar-refractivity contribution >= 4 is 24.6 Å². The molecule has 130 valence electrons. The summed E-state index contributed by atoms with van der Waals surface area (Å²) in [5.41, 5.74) is -0.303. The van der Waals surface area contributed by atoms with Crippen LogP contribution in [-0.4, -0.2) is 41.8 Å². The molecular formula is C17H37NO2Si2. The molecule has 0 aromatic carbocycles. The van der Waals surface area contributed by atoms with Crippen LogP contribution in [0.25, 0.3) is 0 Å². The number of hydrogen-bond donors (Lipinski definition) is 0. The number of rotatable bonds is 3. The summed E-state index contributed by atoms with van der Waals surface area (Å²) in [7, 11) is -1.24. The summed E-state index contributed by atoms with van der Waals surface area (Å²) in [6.07, 6.45) is 0. The van der Waals surface area contributed by atoms with Gasteiger partial charge in [0.2, 0.25) is 5.91 Å².